The van der Waals surface area contributed by atoms with E-state index in [-0.39, 0.29) is 0 Å². The minimum absolute atomic E-state index is 0.731. The molecule has 2 nitrogen and oxygen atoms in total. The second-order valence-electron chi connectivity index (χ2n) is 6.34. The summed E-state index contributed by atoms with van der Waals surface area (Å²) in [5.41, 5.74) is 0. The Morgan fingerprint density at radius 3 is 2.41 bits per heavy atom. The number of hydrogen-bond donors (Lipinski definition) is 1. The van der Waals surface area contributed by atoms with Gasteiger partial charge in [-0.3, -0.25) is 4.90 Å². The zero-order chi connectivity index (χ0) is 12.3. The molecule has 0 aliphatic heterocycles. The Kier molecular flexibility index (Phi) is 4.87. The highest BCUT2D eigenvalue weighted by Gasteiger charge is 2.38. The molecule has 2 heteroatoms. The molecule has 1 N–H and O–H groups in total. The Hall–Kier alpha value is -0.0800. The van der Waals surface area contributed by atoms with Gasteiger partial charge >= 0.3 is 0 Å². The predicted molar refractivity (Wildman–Crippen MR) is 74.2 cm³/mol. The smallest absolute Gasteiger partial charge is 0.0139 e. The van der Waals surface area contributed by atoms with E-state index in [4.69, 9.17) is 0 Å². The highest BCUT2D eigenvalue weighted by molar-refractivity contribution is 4.93. The van der Waals surface area contributed by atoms with Crippen LogP contribution in [-0.2, 0) is 0 Å². The minimum Gasteiger partial charge on any atom is -0.316 e. The van der Waals surface area contributed by atoms with Crippen LogP contribution >= 0.6 is 0 Å². The largest absolute Gasteiger partial charge is 0.316 e. The maximum absolute atomic E-state index is 3.60. The van der Waals surface area contributed by atoms with Crippen LogP contribution in [0.5, 0.6) is 0 Å². The van der Waals surface area contributed by atoms with Gasteiger partial charge in [-0.15, -0.1) is 0 Å². The van der Waals surface area contributed by atoms with E-state index >= 15 is 0 Å². The topological polar surface area (TPSA) is 15.3 Å². The first-order valence-corrected chi connectivity index (χ1v) is 7.68. The number of hydrogen-bond acceptors (Lipinski definition) is 2. The zero-order valence-electron chi connectivity index (χ0n) is 11.9. The normalized spacial score (nSPS) is 28.8. The highest BCUT2D eigenvalue weighted by Crippen LogP contribution is 2.37. The lowest BCUT2D eigenvalue weighted by molar-refractivity contribution is 0.0342. The van der Waals surface area contributed by atoms with Crippen molar-refractivity contribution in [2.75, 3.05) is 19.6 Å². The number of rotatable bonds is 8. The van der Waals surface area contributed by atoms with Gasteiger partial charge in [-0.2, -0.15) is 0 Å². The molecule has 0 aromatic heterocycles. The fraction of sp³-hybridized carbons (Fsp3) is 1.00. The monoisotopic (exact) mass is 238 g/mol. The van der Waals surface area contributed by atoms with Crippen LogP contribution in [0.15, 0.2) is 0 Å². The van der Waals surface area contributed by atoms with Gasteiger partial charge in [-0.1, -0.05) is 6.92 Å². The Morgan fingerprint density at radius 2 is 1.94 bits per heavy atom. The molecule has 0 aromatic rings. The summed E-state index contributed by atoms with van der Waals surface area (Å²) in [7, 11) is 0. The SMILES string of the molecule is CCCNCC1CCC1N(CC1CC1)C(C)C. The van der Waals surface area contributed by atoms with E-state index in [0.29, 0.717) is 0 Å². The van der Waals surface area contributed by atoms with Crippen molar-refractivity contribution in [2.45, 2.75) is 65.0 Å². The molecule has 2 rings (SSSR count). The van der Waals surface area contributed by atoms with Crippen molar-refractivity contribution in [2.24, 2.45) is 11.8 Å². The molecule has 0 heterocycles. The highest BCUT2D eigenvalue weighted by atomic mass is 15.2. The Morgan fingerprint density at radius 1 is 1.18 bits per heavy atom. The first kappa shape index (κ1) is 13.4. The van der Waals surface area contributed by atoms with E-state index in [1.807, 2.05) is 0 Å². The van der Waals surface area contributed by atoms with Crippen LogP contribution in [0, 0.1) is 11.8 Å². The van der Waals surface area contributed by atoms with Crippen molar-refractivity contribution < 1.29 is 0 Å². The van der Waals surface area contributed by atoms with Gasteiger partial charge in [0.2, 0.25) is 0 Å². The third-order valence-corrected chi connectivity index (χ3v) is 4.47. The van der Waals surface area contributed by atoms with E-state index in [0.717, 1.165) is 23.9 Å². The third-order valence-electron chi connectivity index (χ3n) is 4.47. The van der Waals surface area contributed by atoms with Crippen LogP contribution in [0.4, 0.5) is 0 Å². The van der Waals surface area contributed by atoms with Crippen molar-refractivity contribution >= 4 is 0 Å². The van der Waals surface area contributed by atoms with Gasteiger partial charge < -0.3 is 5.32 Å². The van der Waals surface area contributed by atoms with E-state index < -0.39 is 0 Å². The zero-order valence-corrected chi connectivity index (χ0v) is 11.9. The lowest BCUT2D eigenvalue weighted by Crippen LogP contribution is -2.53. The molecule has 100 valence electrons. The van der Waals surface area contributed by atoms with Gasteiger partial charge in [-0.05, 0) is 70.9 Å². The molecule has 0 radical (unpaired) electrons. The number of nitrogens with zero attached hydrogens (tertiary/aromatic N) is 1. The molecule has 2 aliphatic carbocycles. The maximum atomic E-state index is 3.60. The summed E-state index contributed by atoms with van der Waals surface area (Å²) in [6.07, 6.45) is 7.09. The van der Waals surface area contributed by atoms with Gasteiger partial charge in [-0.25, -0.2) is 0 Å². The molecule has 2 fully saturated rings. The van der Waals surface area contributed by atoms with Crippen molar-refractivity contribution in [3.63, 3.8) is 0 Å². The molecular formula is C15H30N2. The van der Waals surface area contributed by atoms with Crippen molar-refractivity contribution in [1.29, 1.82) is 0 Å². The Bertz CT molecular complexity index is 223. The van der Waals surface area contributed by atoms with Gasteiger partial charge in [0.05, 0.1) is 0 Å². The quantitative estimate of drug-likeness (QED) is 0.654. The molecule has 0 amide bonds. The molecule has 0 spiro atoms. The summed E-state index contributed by atoms with van der Waals surface area (Å²) in [5.74, 6) is 1.95. The van der Waals surface area contributed by atoms with E-state index in [2.05, 4.69) is 31.0 Å². The third kappa shape index (κ3) is 3.69. The molecule has 2 saturated carbocycles. The van der Waals surface area contributed by atoms with Crippen LogP contribution < -0.4 is 5.32 Å². The Balaban J connectivity index is 1.76. The first-order chi connectivity index (χ1) is 8.22. The first-order valence-electron chi connectivity index (χ1n) is 7.68. The minimum atomic E-state index is 0.731. The van der Waals surface area contributed by atoms with Crippen molar-refractivity contribution in [1.82, 2.24) is 10.2 Å². The molecule has 2 aliphatic rings. The summed E-state index contributed by atoms with van der Waals surface area (Å²) in [6.45, 7) is 10.8. The lowest BCUT2D eigenvalue weighted by Gasteiger charge is -2.47. The van der Waals surface area contributed by atoms with E-state index in [1.165, 1.54) is 51.7 Å². The van der Waals surface area contributed by atoms with Crippen LogP contribution in [0.1, 0.15) is 52.9 Å². The van der Waals surface area contributed by atoms with Crippen LogP contribution in [0.2, 0.25) is 0 Å². The molecule has 0 saturated heterocycles. The summed E-state index contributed by atoms with van der Waals surface area (Å²) >= 11 is 0. The van der Waals surface area contributed by atoms with Gasteiger partial charge in [0.1, 0.15) is 0 Å². The van der Waals surface area contributed by atoms with E-state index in [9.17, 15) is 0 Å². The maximum Gasteiger partial charge on any atom is 0.0139 e. The Labute approximate surface area is 107 Å². The summed E-state index contributed by atoms with van der Waals surface area (Å²) < 4.78 is 0. The standard InChI is InChI=1S/C15H30N2/c1-4-9-16-10-14-7-8-15(14)17(12(2)3)11-13-5-6-13/h12-16H,4-11H2,1-3H3. The fourth-order valence-electron chi connectivity index (χ4n) is 3.02. The second kappa shape index (κ2) is 6.19. The van der Waals surface area contributed by atoms with Crippen LogP contribution in [-0.4, -0.2) is 36.6 Å². The molecule has 2 unspecified atom stereocenters. The molecule has 2 atom stereocenters. The van der Waals surface area contributed by atoms with Crippen LogP contribution in [0.25, 0.3) is 0 Å². The predicted octanol–water partition coefficient (Wildman–Crippen LogP) is 2.89. The van der Waals surface area contributed by atoms with Crippen LogP contribution in [0.3, 0.4) is 0 Å². The van der Waals surface area contributed by atoms with Crippen molar-refractivity contribution in [3.05, 3.63) is 0 Å². The summed E-state index contributed by atoms with van der Waals surface area (Å²) in [4.78, 5) is 2.79. The molecule has 0 bridgehead atoms. The summed E-state index contributed by atoms with van der Waals surface area (Å²) in [5, 5.41) is 3.60. The average molecular weight is 238 g/mol. The molecule has 17 heavy (non-hydrogen) atoms. The van der Waals surface area contributed by atoms with Gasteiger partial charge in [0.25, 0.3) is 0 Å². The average Bonchev–Trinajstić information content (AvgIpc) is 3.05. The number of nitrogens with one attached hydrogen (secondary N) is 1. The van der Waals surface area contributed by atoms with Crippen molar-refractivity contribution in [3.8, 4) is 0 Å². The summed E-state index contributed by atoms with van der Waals surface area (Å²) in [6, 6.07) is 1.61. The molecular weight excluding hydrogens is 208 g/mol. The van der Waals surface area contributed by atoms with E-state index in [1.54, 1.807) is 0 Å². The molecule has 0 aromatic carbocycles. The lowest BCUT2D eigenvalue weighted by atomic mass is 9.77. The van der Waals surface area contributed by atoms with Gasteiger partial charge in [0, 0.05) is 18.6 Å². The van der Waals surface area contributed by atoms with Gasteiger partial charge in [0.15, 0.2) is 0 Å². The second-order valence-corrected chi connectivity index (χ2v) is 6.34. The fourth-order valence-corrected chi connectivity index (χ4v) is 3.02.